The van der Waals surface area contributed by atoms with Gasteiger partial charge in [-0.3, -0.25) is 0 Å². The van der Waals surface area contributed by atoms with Crippen LogP contribution in [0.4, 0.5) is 0 Å². The van der Waals surface area contributed by atoms with Gasteiger partial charge in [0.15, 0.2) is 5.09 Å². The number of carboxylic acid groups (broad SMARTS) is 1. The predicted molar refractivity (Wildman–Crippen MR) is 60.1 cm³/mol. The average Bonchev–Trinajstić information content (AvgIpc) is 2.83. The van der Waals surface area contributed by atoms with Crippen LogP contribution in [0, 0.1) is 0 Å². The Balaban J connectivity index is 2.00. The summed E-state index contributed by atoms with van der Waals surface area (Å²) in [7, 11) is 0. The third-order valence-electron chi connectivity index (χ3n) is 1.65. The van der Waals surface area contributed by atoms with Crippen molar-refractivity contribution in [1.82, 2.24) is 9.59 Å². The van der Waals surface area contributed by atoms with Gasteiger partial charge in [-0.15, -0.1) is 5.10 Å². The van der Waals surface area contributed by atoms with Crippen LogP contribution in [-0.4, -0.2) is 20.7 Å². The molecule has 0 radical (unpaired) electrons. The number of aromatic carboxylic acids is 1. The Bertz CT molecular complexity index is 511. The maximum Gasteiger partial charge on any atom is 0.371 e. The fourth-order valence-electron chi connectivity index (χ4n) is 0.935. The Hall–Kier alpha value is -1.05. The highest BCUT2D eigenvalue weighted by Gasteiger charge is 2.11. The third kappa shape index (κ3) is 2.55. The minimum atomic E-state index is -1.08. The number of rotatable bonds is 4. The van der Waals surface area contributed by atoms with Crippen LogP contribution in [0.1, 0.15) is 16.2 Å². The normalized spacial score (nSPS) is 10.6. The minimum absolute atomic E-state index is 0.0787. The molecule has 0 amide bonds. The minimum Gasteiger partial charge on any atom is -0.475 e. The van der Waals surface area contributed by atoms with Gasteiger partial charge >= 0.3 is 5.97 Å². The lowest BCUT2D eigenvalue weighted by Crippen LogP contribution is -1.91. The maximum absolute atomic E-state index is 10.6. The van der Waals surface area contributed by atoms with Crippen LogP contribution in [0.3, 0.4) is 0 Å². The SMILES string of the molecule is O=C(O)c1ccc(SCc2nnsc2Cl)o1. The standard InChI is InChI=1S/C8H5ClN2O3S2/c9-7-4(10-11-16-7)3-15-6-2-1-5(14-6)8(12)13/h1-2H,3H2,(H,12,13). The summed E-state index contributed by atoms with van der Waals surface area (Å²) < 4.78 is 9.29. The first-order valence-corrected chi connectivity index (χ1v) is 6.23. The van der Waals surface area contributed by atoms with E-state index in [0.29, 0.717) is 20.9 Å². The quantitative estimate of drug-likeness (QED) is 0.866. The van der Waals surface area contributed by atoms with E-state index in [9.17, 15) is 4.79 Å². The highest BCUT2D eigenvalue weighted by Crippen LogP contribution is 2.28. The molecule has 2 aromatic heterocycles. The number of carboxylic acids is 1. The third-order valence-corrected chi connectivity index (χ3v) is 3.56. The summed E-state index contributed by atoms with van der Waals surface area (Å²) in [6, 6.07) is 3.01. The molecule has 2 heterocycles. The van der Waals surface area contributed by atoms with Gasteiger partial charge in [0.2, 0.25) is 5.76 Å². The molecule has 0 atom stereocenters. The first-order valence-electron chi connectivity index (χ1n) is 4.09. The van der Waals surface area contributed by atoms with Crippen molar-refractivity contribution in [1.29, 1.82) is 0 Å². The largest absolute Gasteiger partial charge is 0.475 e. The van der Waals surface area contributed by atoms with E-state index in [0.717, 1.165) is 11.5 Å². The van der Waals surface area contributed by atoms with Gasteiger partial charge in [-0.05, 0) is 12.1 Å². The molecule has 0 aliphatic heterocycles. The van der Waals surface area contributed by atoms with Crippen LogP contribution in [0.2, 0.25) is 4.34 Å². The van der Waals surface area contributed by atoms with Crippen LogP contribution < -0.4 is 0 Å². The van der Waals surface area contributed by atoms with E-state index in [4.69, 9.17) is 21.1 Å². The number of thioether (sulfide) groups is 1. The van der Waals surface area contributed by atoms with Crippen LogP contribution >= 0.6 is 34.9 Å². The predicted octanol–water partition coefficient (Wildman–Crippen LogP) is 2.78. The molecule has 0 unspecified atom stereocenters. The molecular formula is C8H5ClN2O3S2. The van der Waals surface area contributed by atoms with Crippen molar-refractivity contribution >= 4 is 40.9 Å². The number of hydrogen-bond acceptors (Lipinski definition) is 6. The van der Waals surface area contributed by atoms with Gasteiger partial charge in [0.05, 0.1) is 0 Å². The van der Waals surface area contributed by atoms with Gasteiger partial charge in [0.1, 0.15) is 10.0 Å². The van der Waals surface area contributed by atoms with Gasteiger partial charge < -0.3 is 9.52 Å². The van der Waals surface area contributed by atoms with Crippen molar-refractivity contribution in [3.8, 4) is 0 Å². The number of halogens is 1. The lowest BCUT2D eigenvalue weighted by Gasteiger charge is -1.93. The van der Waals surface area contributed by atoms with E-state index in [1.54, 1.807) is 6.07 Å². The van der Waals surface area contributed by atoms with Crippen molar-refractivity contribution < 1.29 is 14.3 Å². The Kier molecular flexibility index (Phi) is 3.47. The molecule has 8 heteroatoms. The Labute approximate surface area is 104 Å². The second-order valence-corrected chi connectivity index (χ2v) is 5.04. The number of hydrogen-bond donors (Lipinski definition) is 1. The summed E-state index contributed by atoms with van der Waals surface area (Å²) in [5, 5.41) is 13.0. The van der Waals surface area contributed by atoms with Crippen molar-refractivity contribution in [2.45, 2.75) is 10.8 Å². The molecule has 0 bridgehead atoms. The molecule has 16 heavy (non-hydrogen) atoms. The summed E-state index contributed by atoms with van der Waals surface area (Å²) in [6.45, 7) is 0. The summed E-state index contributed by atoms with van der Waals surface area (Å²) in [5.74, 6) is -0.660. The lowest BCUT2D eigenvalue weighted by atomic mass is 10.5. The highest BCUT2D eigenvalue weighted by atomic mass is 35.5. The molecule has 0 fully saturated rings. The lowest BCUT2D eigenvalue weighted by molar-refractivity contribution is 0.0656. The van der Waals surface area contributed by atoms with Crippen molar-refractivity contribution in [3.63, 3.8) is 0 Å². The van der Waals surface area contributed by atoms with Gasteiger partial charge in [-0.25, -0.2) is 4.79 Å². The summed E-state index contributed by atoms with van der Waals surface area (Å²) in [6.07, 6.45) is 0. The fourth-order valence-corrected chi connectivity index (χ4v) is 2.53. The molecule has 0 saturated carbocycles. The molecule has 0 aliphatic rings. The summed E-state index contributed by atoms with van der Waals surface area (Å²) in [5.41, 5.74) is 0.671. The molecular weight excluding hydrogens is 272 g/mol. The molecule has 1 N–H and O–H groups in total. The zero-order valence-electron chi connectivity index (χ0n) is 7.71. The maximum atomic E-state index is 10.6. The van der Waals surface area contributed by atoms with Crippen molar-refractivity contribution in [2.24, 2.45) is 0 Å². The first kappa shape index (κ1) is 11.4. The molecule has 0 aliphatic carbocycles. The Morgan fingerprint density at radius 2 is 2.44 bits per heavy atom. The Morgan fingerprint density at radius 1 is 1.62 bits per heavy atom. The topological polar surface area (TPSA) is 76.2 Å². The summed E-state index contributed by atoms with van der Waals surface area (Å²) >= 11 is 8.25. The summed E-state index contributed by atoms with van der Waals surface area (Å²) in [4.78, 5) is 10.6. The second kappa shape index (κ2) is 4.86. The van der Waals surface area contributed by atoms with Crippen molar-refractivity contribution in [3.05, 3.63) is 27.9 Å². The number of furan rings is 1. The number of carbonyl (C=O) groups is 1. The van der Waals surface area contributed by atoms with Gasteiger partial charge in [-0.1, -0.05) is 27.9 Å². The van der Waals surface area contributed by atoms with E-state index in [2.05, 4.69) is 9.59 Å². The first-order chi connectivity index (χ1) is 7.66. The fraction of sp³-hybridized carbons (Fsp3) is 0.125. The molecule has 5 nitrogen and oxygen atoms in total. The van der Waals surface area contributed by atoms with E-state index in [-0.39, 0.29) is 5.76 Å². The van der Waals surface area contributed by atoms with Gasteiger partial charge in [0, 0.05) is 17.3 Å². The van der Waals surface area contributed by atoms with Crippen LogP contribution in [0.15, 0.2) is 21.6 Å². The molecule has 2 aromatic rings. The molecule has 2 rings (SSSR count). The van der Waals surface area contributed by atoms with Crippen LogP contribution in [0.25, 0.3) is 0 Å². The Morgan fingerprint density at radius 3 is 3.00 bits per heavy atom. The monoisotopic (exact) mass is 276 g/mol. The molecule has 84 valence electrons. The van der Waals surface area contributed by atoms with E-state index >= 15 is 0 Å². The van der Waals surface area contributed by atoms with E-state index < -0.39 is 5.97 Å². The van der Waals surface area contributed by atoms with Gasteiger partial charge in [0.25, 0.3) is 0 Å². The zero-order chi connectivity index (χ0) is 11.5. The van der Waals surface area contributed by atoms with E-state index in [1.165, 1.54) is 17.8 Å². The zero-order valence-corrected chi connectivity index (χ0v) is 10.1. The molecule has 0 spiro atoms. The second-order valence-electron chi connectivity index (χ2n) is 2.71. The molecule has 0 saturated heterocycles. The average molecular weight is 277 g/mol. The number of nitrogens with zero attached hydrogens (tertiary/aromatic N) is 2. The van der Waals surface area contributed by atoms with Crippen molar-refractivity contribution in [2.75, 3.05) is 0 Å². The van der Waals surface area contributed by atoms with Gasteiger partial charge in [-0.2, -0.15) is 0 Å². The smallest absolute Gasteiger partial charge is 0.371 e. The van der Waals surface area contributed by atoms with E-state index in [1.807, 2.05) is 0 Å². The van der Waals surface area contributed by atoms with Crippen LogP contribution in [-0.2, 0) is 5.75 Å². The van der Waals surface area contributed by atoms with Crippen LogP contribution in [0.5, 0.6) is 0 Å². The molecule has 0 aromatic carbocycles. The number of aromatic nitrogens is 2. The highest BCUT2D eigenvalue weighted by molar-refractivity contribution is 7.98.